The van der Waals surface area contributed by atoms with Gasteiger partial charge in [0.05, 0.1) is 11.8 Å². The summed E-state index contributed by atoms with van der Waals surface area (Å²) in [6, 6.07) is 0.229. The van der Waals surface area contributed by atoms with Crippen molar-refractivity contribution in [3.63, 3.8) is 0 Å². The number of carboxylic acids is 1. The maximum absolute atomic E-state index is 12.3. The number of hydrogen-bond donors (Lipinski definition) is 2. The van der Waals surface area contributed by atoms with E-state index in [1.807, 2.05) is 6.92 Å². The van der Waals surface area contributed by atoms with Crippen molar-refractivity contribution in [2.75, 3.05) is 0 Å². The Morgan fingerprint density at radius 3 is 2.21 bits per heavy atom. The zero-order valence-corrected chi connectivity index (χ0v) is 12.1. The van der Waals surface area contributed by atoms with Crippen molar-refractivity contribution in [3.8, 4) is 0 Å². The molecule has 0 aromatic heterocycles. The number of rotatable bonds is 3. The van der Waals surface area contributed by atoms with Crippen molar-refractivity contribution in [1.82, 2.24) is 5.32 Å². The number of carboxylic acid groups (broad SMARTS) is 1. The molecular weight excluding hydrogens is 242 g/mol. The molecule has 0 spiro atoms. The van der Waals surface area contributed by atoms with E-state index in [4.69, 9.17) is 0 Å². The first-order valence-electron chi connectivity index (χ1n) is 7.43. The lowest BCUT2D eigenvalue weighted by atomic mass is 9.93. The molecule has 2 fully saturated rings. The highest BCUT2D eigenvalue weighted by atomic mass is 16.4. The van der Waals surface area contributed by atoms with Crippen molar-refractivity contribution in [2.24, 2.45) is 29.6 Å². The summed E-state index contributed by atoms with van der Waals surface area (Å²) >= 11 is 0. The molecule has 0 saturated heterocycles. The highest BCUT2D eigenvalue weighted by Gasteiger charge is 2.42. The Balaban J connectivity index is 1.97. The van der Waals surface area contributed by atoms with Gasteiger partial charge in [-0.2, -0.15) is 0 Å². The molecule has 6 atom stereocenters. The molecule has 4 heteroatoms. The Morgan fingerprint density at radius 1 is 1.05 bits per heavy atom. The lowest BCUT2D eigenvalue weighted by Gasteiger charge is -2.23. The van der Waals surface area contributed by atoms with E-state index in [0.717, 1.165) is 12.8 Å². The summed E-state index contributed by atoms with van der Waals surface area (Å²) in [6.07, 6.45) is 3.51. The Bertz CT molecular complexity index is 368. The monoisotopic (exact) mass is 267 g/mol. The third-order valence-electron chi connectivity index (χ3n) is 5.25. The van der Waals surface area contributed by atoms with Crippen molar-refractivity contribution in [1.29, 1.82) is 0 Å². The topological polar surface area (TPSA) is 66.4 Å². The van der Waals surface area contributed by atoms with Crippen LogP contribution in [0.3, 0.4) is 0 Å². The van der Waals surface area contributed by atoms with E-state index in [2.05, 4.69) is 19.2 Å². The standard InChI is InChI=1S/C15H25NO3/c1-8-6-11(12(7-8)15(18)19)14(17)16-13-5-4-9(2)10(13)3/h8-13H,4-7H2,1-3H3,(H,16,17)(H,18,19). The zero-order chi connectivity index (χ0) is 14.2. The van der Waals surface area contributed by atoms with Gasteiger partial charge in [-0.3, -0.25) is 9.59 Å². The van der Waals surface area contributed by atoms with E-state index in [1.54, 1.807) is 0 Å². The third-order valence-corrected chi connectivity index (χ3v) is 5.25. The molecule has 2 N–H and O–H groups in total. The van der Waals surface area contributed by atoms with E-state index in [0.29, 0.717) is 30.6 Å². The van der Waals surface area contributed by atoms with Gasteiger partial charge in [0.1, 0.15) is 0 Å². The summed E-state index contributed by atoms with van der Waals surface area (Å²) in [4.78, 5) is 23.6. The quantitative estimate of drug-likeness (QED) is 0.824. The summed E-state index contributed by atoms with van der Waals surface area (Å²) in [7, 11) is 0. The fourth-order valence-electron chi connectivity index (χ4n) is 3.71. The molecular formula is C15H25NO3. The molecule has 0 radical (unpaired) electrons. The SMILES string of the molecule is CC1CC(C(=O)O)C(C(=O)NC2CCC(C)C2C)C1. The number of amides is 1. The summed E-state index contributed by atoms with van der Waals surface area (Å²) < 4.78 is 0. The molecule has 4 nitrogen and oxygen atoms in total. The molecule has 1 amide bonds. The van der Waals surface area contributed by atoms with Gasteiger partial charge in [-0.05, 0) is 43.4 Å². The first-order chi connectivity index (χ1) is 8.90. The molecule has 19 heavy (non-hydrogen) atoms. The molecule has 0 aromatic rings. The molecule has 0 heterocycles. The van der Waals surface area contributed by atoms with Crippen LogP contribution in [0, 0.1) is 29.6 Å². The average molecular weight is 267 g/mol. The van der Waals surface area contributed by atoms with Gasteiger partial charge in [0.2, 0.25) is 5.91 Å². The molecule has 108 valence electrons. The van der Waals surface area contributed by atoms with Gasteiger partial charge in [-0.15, -0.1) is 0 Å². The predicted octanol–water partition coefficient (Wildman–Crippen LogP) is 2.28. The van der Waals surface area contributed by atoms with E-state index >= 15 is 0 Å². The molecule has 0 aromatic carbocycles. The molecule has 2 rings (SSSR count). The third kappa shape index (κ3) is 2.93. The summed E-state index contributed by atoms with van der Waals surface area (Å²) in [6.45, 7) is 6.42. The highest BCUT2D eigenvalue weighted by molar-refractivity contribution is 5.85. The van der Waals surface area contributed by atoms with Crippen LogP contribution in [0.1, 0.15) is 46.5 Å². The van der Waals surface area contributed by atoms with Gasteiger partial charge < -0.3 is 10.4 Å². The van der Waals surface area contributed by atoms with E-state index in [9.17, 15) is 14.7 Å². The van der Waals surface area contributed by atoms with Crippen molar-refractivity contribution in [3.05, 3.63) is 0 Å². The molecule has 0 aliphatic heterocycles. The van der Waals surface area contributed by atoms with Crippen LogP contribution in [0.15, 0.2) is 0 Å². The van der Waals surface area contributed by atoms with Gasteiger partial charge in [0, 0.05) is 6.04 Å². The highest BCUT2D eigenvalue weighted by Crippen LogP contribution is 2.37. The first kappa shape index (κ1) is 14.4. The molecule has 6 unspecified atom stereocenters. The largest absolute Gasteiger partial charge is 0.481 e. The molecule has 2 aliphatic rings. The van der Waals surface area contributed by atoms with E-state index in [-0.39, 0.29) is 17.9 Å². The minimum absolute atomic E-state index is 0.0392. The van der Waals surface area contributed by atoms with Crippen LogP contribution in [-0.2, 0) is 9.59 Å². The second kappa shape index (κ2) is 5.51. The Morgan fingerprint density at radius 2 is 1.68 bits per heavy atom. The van der Waals surface area contributed by atoms with Gasteiger partial charge in [0.15, 0.2) is 0 Å². The Hall–Kier alpha value is -1.06. The summed E-state index contributed by atoms with van der Waals surface area (Å²) in [5, 5.41) is 12.3. The summed E-state index contributed by atoms with van der Waals surface area (Å²) in [5.74, 6) is -0.231. The van der Waals surface area contributed by atoms with Gasteiger partial charge in [-0.25, -0.2) is 0 Å². The normalized spacial score (nSPS) is 42.3. The number of hydrogen-bond acceptors (Lipinski definition) is 2. The molecule has 0 bridgehead atoms. The Kier molecular flexibility index (Phi) is 4.16. The molecule has 2 aliphatic carbocycles. The second-order valence-electron chi connectivity index (χ2n) is 6.66. The lowest BCUT2D eigenvalue weighted by molar-refractivity contribution is -0.146. The number of carbonyl (C=O) groups is 2. The van der Waals surface area contributed by atoms with Crippen molar-refractivity contribution < 1.29 is 14.7 Å². The maximum Gasteiger partial charge on any atom is 0.307 e. The maximum atomic E-state index is 12.3. The number of aliphatic carboxylic acids is 1. The average Bonchev–Trinajstić information content (AvgIpc) is 2.87. The Labute approximate surface area is 115 Å². The van der Waals surface area contributed by atoms with Crippen molar-refractivity contribution >= 4 is 11.9 Å². The molecule has 2 saturated carbocycles. The van der Waals surface area contributed by atoms with Crippen LogP contribution in [0.4, 0.5) is 0 Å². The van der Waals surface area contributed by atoms with Crippen LogP contribution in [0.25, 0.3) is 0 Å². The van der Waals surface area contributed by atoms with Crippen LogP contribution >= 0.6 is 0 Å². The first-order valence-corrected chi connectivity index (χ1v) is 7.43. The summed E-state index contributed by atoms with van der Waals surface area (Å²) in [5.41, 5.74) is 0. The zero-order valence-electron chi connectivity index (χ0n) is 12.1. The van der Waals surface area contributed by atoms with Gasteiger partial charge in [0.25, 0.3) is 0 Å². The fourth-order valence-corrected chi connectivity index (χ4v) is 3.71. The van der Waals surface area contributed by atoms with Gasteiger partial charge in [-0.1, -0.05) is 20.8 Å². The second-order valence-corrected chi connectivity index (χ2v) is 6.66. The lowest BCUT2D eigenvalue weighted by Crippen LogP contribution is -2.42. The van der Waals surface area contributed by atoms with E-state index in [1.165, 1.54) is 0 Å². The smallest absolute Gasteiger partial charge is 0.307 e. The predicted molar refractivity (Wildman–Crippen MR) is 72.5 cm³/mol. The van der Waals surface area contributed by atoms with Crippen LogP contribution in [0.2, 0.25) is 0 Å². The number of nitrogens with one attached hydrogen (secondary N) is 1. The number of carbonyl (C=O) groups excluding carboxylic acids is 1. The van der Waals surface area contributed by atoms with Gasteiger partial charge >= 0.3 is 5.97 Å². The fraction of sp³-hybridized carbons (Fsp3) is 0.867. The van der Waals surface area contributed by atoms with Crippen LogP contribution in [-0.4, -0.2) is 23.0 Å². The van der Waals surface area contributed by atoms with E-state index < -0.39 is 11.9 Å². The van der Waals surface area contributed by atoms with Crippen LogP contribution < -0.4 is 5.32 Å². The minimum Gasteiger partial charge on any atom is -0.481 e. The van der Waals surface area contributed by atoms with Crippen LogP contribution in [0.5, 0.6) is 0 Å². The van der Waals surface area contributed by atoms with Crippen molar-refractivity contribution in [2.45, 2.75) is 52.5 Å². The minimum atomic E-state index is -0.822.